The predicted molar refractivity (Wildman–Crippen MR) is 357 cm³/mol. The molecule has 12 aromatic rings. The Morgan fingerprint density at radius 3 is 1.26 bits per heavy atom. The number of hydrogen-bond acceptors (Lipinski definition) is 15. The topological polar surface area (TPSA) is 197 Å². The summed E-state index contributed by atoms with van der Waals surface area (Å²) in [4.78, 5) is 67.8. The average Bonchev–Trinajstić information content (AvgIpc) is 1.96. The van der Waals surface area contributed by atoms with E-state index >= 15 is 0 Å². The zero-order valence-electron chi connectivity index (χ0n) is 51.9. The first kappa shape index (κ1) is 60.7. The number of ketones is 3. The molecule has 3 atom stereocenters. The van der Waals surface area contributed by atoms with Crippen molar-refractivity contribution in [3.63, 3.8) is 0 Å². The normalized spacial score (nSPS) is 16.0. The van der Waals surface area contributed by atoms with E-state index in [1.807, 2.05) is 86.5 Å². The van der Waals surface area contributed by atoms with Crippen LogP contribution in [0, 0.1) is 17.8 Å². The third kappa shape index (κ3) is 13.4. The summed E-state index contributed by atoms with van der Waals surface area (Å²) in [6.07, 6.45) is 20.3. The molecule has 0 fully saturated rings. The molecule has 9 aromatic heterocycles. The number of imidazole rings is 3. The second-order valence-electron chi connectivity index (χ2n) is 24.9. The van der Waals surface area contributed by atoms with Crippen LogP contribution < -0.4 is 0 Å². The lowest BCUT2D eigenvalue weighted by molar-refractivity contribution is 0.0936. The van der Waals surface area contributed by atoms with Crippen LogP contribution in [-0.4, -0.2) is 90.3 Å². The van der Waals surface area contributed by atoms with E-state index in [4.69, 9.17) is 19.9 Å². The lowest BCUT2D eigenvalue weighted by Gasteiger charge is -2.22. The third-order valence-corrected chi connectivity index (χ3v) is 19.7. The van der Waals surface area contributed by atoms with Crippen LogP contribution in [0.2, 0.25) is 0 Å². The van der Waals surface area contributed by atoms with Crippen molar-refractivity contribution in [2.24, 2.45) is 38.9 Å². The highest BCUT2D eigenvalue weighted by Crippen LogP contribution is 2.36. The molecule has 3 aliphatic rings. The van der Waals surface area contributed by atoms with Gasteiger partial charge >= 0.3 is 0 Å². The number of thiazole rings is 3. The van der Waals surface area contributed by atoms with Crippen molar-refractivity contribution >= 4 is 51.4 Å². The minimum Gasteiger partial charge on any atom is -0.334 e. The largest absolute Gasteiger partial charge is 0.334 e. The number of fused-ring (bicyclic) bond motifs is 3. The molecule has 0 N–H and O–H groups in total. The van der Waals surface area contributed by atoms with E-state index in [9.17, 15) is 14.4 Å². The first-order chi connectivity index (χ1) is 44.2. The minimum absolute atomic E-state index is 0.0241. The summed E-state index contributed by atoms with van der Waals surface area (Å²) in [5.74, 6) is 4.45. The van der Waals surface area contributed by atoms with Crippen molar-refractivity contribution in [3.8, 4) is 66.2 Å². The summed E-state index contributed by atoms with van der Waals surface area (Å²) in [7, 11) is 5.49. The Morgan fingerprint density at radius 1 is 0.484 bits per heavy atom. The summed E-state index contributed by atoms with van der Waals surface area (Å²) < 4.78 is 11.8. The Bertz CT molecular complexity index is 4300. The lowest BCUT2D eigenvalue weighted by Crippen LogP contribution is -2.22. The van der Waals surface area contributed by atoms with Crippen LogP contribution in [0.3, 0.4) is 0 Å². The number of Topliss-reactive ketones (excluding diaryl/α,β-unsaturated/α-hetero) is 3. The smallest absolute Gasteiger partial charge is 0.181 e. The van der Waals surface area contributed by atoms with Crippen LogP contribution in [0.4, 0.5) is 0 Å². The highest BCUT2D eigenvalue weighted by atomic mass is 32.1. The van der Waals surface area contributed by atoms with Gasteiger partial charge in [0, 0.05) is 142 Å². The Labute approximate surface area is 540 Å². The van der Waals surface area contributed by atoms with Gasteiger partial charge in [0.2, 0.25) is 0 Å². The van der Waals surface area contributed by atoms with Crippen molar-refractivity contribution in [1.29, 1.82) is 0 Å². The fourth-order valence-corrected chi connectivity index (χ4v) is 14.8. The van der Waals surface area contributed by atoms with Gasteiger partial charge in [-0.2, -0.15) is 15.3 Å². The van der Waals surface area contributed by atoms with Crippen molar-refractivity contribution in [2.75, 3.05) is 0 Å². The average molecular weight is 1270 g/mol. The van der Waals surface area contributed by atoms with E-state index in [-0.39, 0.29) is 28.7 Å². The summed E-state index contributed by atoms with van der Waals surface area (Å²) in [5, 5.41) is 20.7. The molecule has 91 heavy (non-hydrogen) atoms. The van der Waals surface area contributed by atoms with E-state index in [2.05, 4.69) is 120 Å². The van der Waals surface area contributed by atoms with E-state index < -0.39 is 0 Å². The van der Waals surface area contributed by atoms with Gasteiger partial charge in [-0.25, -0.2) is 29.9 Å². The van der Waals surface area contributed by atoms with Crippen LogP contribution in [0.5, 0.6) is 0 Å². The molecule has 0 bridgehead atoms. The summed E-state index contributed by atoms with van der Waals surface area (Å²) in [6.45, 7) is 9.15. The quantitative estimate of drug-likeness (QED) is 0.0882. The van der Waals surface area contributed by atoms with E-state index in [0.29, 0.717) is 48.2 Å². The highest BCUT2D eigenvalue weighted by Gasteiger charge is 2.31. The molecule has 3 unspecified atom stereocenters. The first-order valence-electron chi connectivity index (χ1n) is 30.9. The zero-order chi connectivity index (χ0) is 62.8. The molecule has 0 radical (unpaired) electrons. The number of aromatic nitrogens is 15. The standard InChI is InChI=1S/C26H29N5OS.2C22H21N5OS/c1-26(2,3)22-16-33-25(29-22)19-14-27-30(4)24(19)21(32)12-17-10-11-31-15-20(28-23(31)13-17)18-8-6-5-7-9-18;1-26-21(17(13-24-26)22-23-8-10-29-22)19(28)11-15-7-9-27-14-18(25-20(27)12-15)16-5-3-2-4-6-16;1-26-22(17(11-24-26)19-13-29-14-23-19)20(28)9-15-7-8-27-12-18(25-21(27)10-15)16-5-3-2-4-6-16/h5-9,14-17H,10-13H2,1-4H3;2-6,8,10,13-15H,7,9,11-12H2,1H3;2-6,11-15H,7-10H2,1H3. The molecule has 0 amide bonds. The molecular formula is C70H71N15O3S3. The molecule has 18 nitrogen and oxygen atoms in total. The van der Waals surface area contributed by atoms with Crippen molar-refractivity contribution in [2.45, 2.75) is 104 Å². The van der Waals surface area contributed by atoms with Crippen molar-refractivity contribution < 1.29 is 14.4 Å². The Hall–Kier alpha value is -9.18. The molecule has 0 saturated carbocycles. The number of aryl methyl sites for hydroxylation is 6. The second kappa shape index (κ2) is 26.3. The fourth-order valence-electron chi connectivity index (χ4n) is 12.6. The monoisotopic (exact) mass is 1270 g/mol. The number of hydrogen-bond donors (Lipinski definition) is 0. The van der Waals surface area contributed by atoms with Gasteiger partial charge in [-0.15, -0.1) is 34.0 Å². The van der Waals surface area contributed by atoms with Crippen LogP contribution in [0.1, 0.15) is 114 Å². The molecule has 0 spiro atoms. The predicted octanol–water partition coefficient (Wildman–Crippen LogP) is 14.0. The Balaban J connectivity index is 0.000000125. The van der Waals surface area contributed by atoms with Gasteiger partial charge < -0.3 is 13.7 Å². The summed E-state index contributed by atoms with van der Waals surface area (Å²) >= 11 is 4.63. The van der Waals surface area contributed by atoms with E-state index in [1.54, 1.807) is 55.7 Å². The lowest BCUT2D eigenvalue weighted by atomic mass is 9.91. The number of carbonyl (C=O) groups is 3. The molecule has 15 rings (SSSR count). The van der Waals surface area contributed by atoms with Gasteiger partial charge in [0.05, 0.1) is 69.3 Å². The maximum Gasteiger partial charge on any atom is 0.181 e. The maximum absolute atomic E-state index is 13.4. The highest BCUT2D eigenvalue weighted by molar-refractivity contribution is 7.13. The van der Waals surface area contributed by atoms with Gasteiger partial charge in [-0.3, -0.25) is 28.4 Å². The van der Waals surface area contributed by atoms with Crippen LogP contribution in [-0.2, 0) is 65.5 Å². The number of benzene rings is 3. The minimum atomic E-state index is -0.0241. The Kier molecular flexibility index (Phi) is 17.6. The van der Waals surface area contributed by atoms with Crippen LogP contribution in [0.25, 0.3) is 66.2 Å². The second-order valence-corrected chi connectivity index (χ2v) is 27.3. The van der Waals surface area contributed by atoms with Gasteiger partial charge in [0.1, 0.15) is 44.6 Å². The van der Waals surface area contributed by atoms with Crippen molar-refractivity contribution in [3.05, 3.63) is 196 Å². The Morgan fingerprint density at radius 2 is 0.890 bits per heavy atom. The van der Waals surface area contributed by atoms with Crippen molar-refractivity contribution in [1.82, 2.24) is 72.9 Å². The number of rotatable bonds is 15. The van der Waals surface area contributed by atoms with Crippen LogP contribution >= 0.6 is 34.0 Å². The van der Waals surface area contributed by atoms with E-state index in [0.717, 1.165) is 147 Å². The third-order valence-electron chi connectivity index (χ3n) is 17.4. The number of carbonyl (C=O) groups excluding carboxylic acids is 3. The van der Waals surface area contributed by atoms with Gasteiger partial charge in [0.15, 0.2) is 17.3 Å². The zero-order valence-corrected chi connectivity index (χ0v) is 54.3. The van der Waals surface area contributed by atoms with Crippen LogP contribution in [0.15, 0.2) is 156 Å². The fraction of sp³-hybridized carbons (Fsp3) is 0.314. The van der Waals surface area contributed by atoms with Gasteiger partial charge in [0.25, 0.3) is 0 Å². The molecule has 0 aliphatic carbocycles. The molecule has 0 saturated heterocycles. The molecular weight excluding hydrogens is 1200 g/mol. The van der Waals surface area contributed by atoms with Gasteiger partial charge in [-0.05, 0) is 37.0 Å². The first-order valence-corrected chi connectivity index (χ1v) is 33.6. The molecule has 462 valence electrons. The van der Waals surface area contributed by atoms with E-state index in [1.165, 1.54) is 22.7 Å². The molecule has 3 aromatic carbocycles. The molecule has 12 heterocycles. The number of nitrogens with zero attached hydrogens (tertiary/aromatic N) is 15. The molecule has 3 aliphatic heterocycles. The maximum atomic E-state index is 13.4. The summed E-state index contributed by atoms with van der Waals surface area (Å²) in [5.41, 5.74) is 14.5. The van der Waals surface area contributed by atoms with Gasteiger partial charge in [-0.1, -0.05) is 112 Å². The molecule has 21 heteroatoms. The summed E-state index contributed by atoms with van der Waals surface area (Å²) in [6, 6.07) is 30.7. The SMILES string of the molecule is Cn1ncc(-c2cscn2)c1C(=O)CC1CCn2cc(-c3ccccc3)nc2C1.Cn1ncc(-c2nc(C(C)(C)C)cs2)c1C(=O)CC1CCn2cc(-c3ccccc3)nc2C1.Cn1ncc(-c2nccs2)c1C(=O)CC1CCn2cc(-c3ccccc3)nc2C1.